The molecule has 2 aromatic carbocycles. The van der Waals surface area contributed by atoms with Crippen LogP contribution >= 0.6 is 0 Å². The topological polar surface area (TPSA) is 78.5 Å². The van der Waals surface area contributed by atoms with Gasteiger partial charge in [0.25, 0.3) is 5.91 Å². The first-order chi connectivity index (χ1) is 14.5. The summed E-state index contributed by atoms with van der Waals surface area (Å²) in [5.74, 6) is -0.780. The molecule has 1 aliphatic rings. The predicted molar refractivity (Wildman–Crippen MR) is 116 cm³/mol. The van der Waals surface area contributed by atoms with Crippen molar-refractivity contribution < 1.29 is 14.4 Å². The fraction of sp³-hybridized carbons (Fsp3) is 0.375. The summed E-state index contributed by atoms with van der Waals surface area (Å²) in [5, 5.41) is 5.76. The Morgan fingerprint density at radius 1 is 1.00 bits per heavy atom. The quantitative estimate of drug-likeness (QED) is 0.493. The third-order valence-electron chi connectivity index (χ3n) is 5.47. The summed E-state index contributed by atoms with van der Waals surface area (Å²) < 4.78 is 0. The number of imide groups is 1. The van der Waals surface area contributed by atoms with Crippen molar-refractivity contribution in [2.45, 2.75) is 51.1 Å². The number of amides is 4. The molecule has 1 heterocycles. The van der Waals surface area contributed by atoms with Gasteiger partial charge in [-0.1, -0.05) is 86.8 Å². The van der Waals surface area contributed by atoms with Crippen molar-refractivity contribution in [1.82, 2.24) is 15.5 Å². The molecule has 0 saturated carbocycles. The number of hydrogen-bond donors (Lipinski definition) is 2. The van der Waals surface area contributed by atoms with E-state index in [-0.39, 0.29) is 18.5 Å². The third kappa shape index (κ3) is 4.37. The number of urea groups is 1. The monoisotopic (exact) mass is 407 g/mol. The minimum absolute atomic E-state index is 0.00202. The number of carbonyl (C=O) groups is 3. The zero-order valence-electron chi connectivity index (χ0n) is 17.6. The number of rotatable bonds is 9. The first-order valence-corrected chi connectivity index (χ1v) is 10.5. The number of nitrogens with one attached hydrogen (secondary N) is 2. The Morgan fingerprint density at radius 2 is 1.57 bits per heavy atom. The second kappa shape index (κ2) is 9.57. The molecular weight excluding hydrogens is 378 g/mol. The van der Waals surface area contributed by atoms with Gasteiger partial charge >= 0.3 is 6.03 Å². The van der Waals surface area contributed by atoms with E-state index in [1.807, 2.05) is 67.6 Å². The van der Waals surface area contributed by atoms with E-state index in [0.29, 0.717) is 11.1 Å². The third-order valence-corrected chi connectivity index (χ3v) is 5.47. The summed E-state index contributed by atoms with van der Waals surface area (Å²) in [4.78, 5) is 39.9. The van der Waals surface area contributed by atoms with Gasteiger partial charge in [0.05, 0.1) is 0 Å². The molecule has 6 nitrogen and oxygen atoms in total. The molecule has 0 radical (unpaired) electrons. The van der Waals surface area contributed by atoms with Crippen LogP contribution in [0.25, 0.3) is 0 Å². The lowest BCUT2D eigenvalue weighted by molar-refractivity contribution is -0.134. The molecular formula is C24H29N3O3. The maximum Gasteiger partial charge on any atom is 0.326 e. The molecule has 0 bridgehead atoms. The van der Waals surface area contributed by atoms with E-state index < -0.39 is 17.5 Å². The average molecular weight is 408 g/mol. The molecule has 1 fully saturated rings. The van der Waals surface area contributed by atoms with Gasteiger partial charge < -0.3 is 10.6 Å². The van der Waals surface area contributed by atoms with Gasteiger partial charge in [0, 0.05) is 6.04 Å². The van der Waals surface area contributed by atoms with Gasteiger partial charge in [-0.3, -0.25) is 14.5 Å². The Kier molecular flexibility index (Phi) is 6.87. The van der Waals surface area contributed by atoms with Crippen molar-refractivity contribution >= 4 is 17.8 Å². The maximum absolute atomic E-state index is 13.5. The first kappa shape index (κ1) is 21.6. The van der Waals surface area contributed by atoms with Crippen LogP contribution in [0.2, 0.25) is 0 Å². The Bertz CT molecular complexity index is 844. The Balaban J connectivity index is 1.81. The summed E-state index contributed by atoms with van der Waals surface area (Å²) in [6.07, 6.45) is 4.14. The highest BCUT2D eigenvalue weighted by Gasteiger charge is 2.54. The SMILES string of the molecule is CCCCC[C@H](C)NC(=O)CN1C(=O)NC(c2ccccc2)(c2ccccc2)C1=O. The highest BCUT2D eigenvalue weighted by atomic mass is 16.2. The normalized spacial score (nSPS) is 16.3. The molecule has 1 saturated heterocycles. The van der Waals surface area contributed by atoms with Crippen molar-refractivity contribution in [3.8, 4) is 0 Å². The summed E-state index contributed by atoms with van der Waals surface area (Å²) in [5.41, 5.74) is -0.0251. The van der Waals surface area contributed by atoms with Crippen LogP contribution in [0.5, 0.6) is 0 Å². The fourth-order valence-corrected chi connectivity index (χ4v) is 3.89. The van der Waals surface area contributed by atoms with Crippen molar-refractivity contribution in [1.29, 1.82) is 0 Å². The zero-order chi connectivity index (χ0) is 21.6. The second-order valence-electron chi connectivity index (χ2n) is 7.77. The number of nitrogens with zero attached hydrogens (tertiary/aromatic N) is 1. The van der Waals surface area contributed by atoms with Crippen molar-refractivity contribution in [3.05, 3.63) is 71.8 Å². The van der Waals surface area contributed by atoms with Crippen molar-refractivity contribution in [2.75, 3.05) is 6.54 Å². The largest absolute Gasteiger partial charge is 0.352 e. The number of hydrogen-bond acceptors (Lipinski definition) is 3. The maximum atomic E-state index is 13.5. The van der Waals surface area contributed by atoms with Gasteiger partial charge in [-0.2, -0.15) is 0 Å². The van der Waals surface area contributed by atoms with E-state index in [9.17, 15) is 14.4 Å². The molecule has 1 aliphatic heterocycles. The van der Waals surface area contributed by atoms with Crippen LogP contribution in [-0.4, -0.2) is 35.3 Å². The van der Waals surface area contributed by atoms with E-state index in [4.69, 9.17) is 0 Å². The molecule has 30 heavy (non-hydrogen) atoms. The molecule has 2 aromatic rings. The van der Waals surface area contributed by atoms with Crippen LogP contribution in [0.3, 0.4) is 0 Å². The van der Waals surface area contributed by atoms with Gasteiger partial charge in [0.2, 0.25) is 5.91 Å². The minimum atomic E-state index is -1.34. The smallest absolute Gasteiger partial charge is 0.326 e. The Hall–Kier alpha value is -3.15. The summed E-state index contributed by atoms with van der Waals surface area (Å²) >= 11 is 0. The van der Waals surface area contributed by atoms with E-state index in [1.165, 1.54) is 0 Å². The van der Waals surface area contributed by atoms with Gasteiger partial charge in [-0.25, -0.2) is 4.79 Å². The summed E-state index contributed by atoms with van der Waals surface area (Å²) in [7, 11) is 0. The molecule has 2 N–H and O–H groups in total. The number of carbonyl (C=O) groups excluding carboxylic acids is 3. The van der Waals surface area contributed by atoms with Crippen LogP contribution in [0.1, 0.15) is 50.7 Å². The van der Waals surface area contributed by atoms with E-state index in [0.717, 1.165) is 30.6 Å². The zero-order valence-corrected chi connectivity index (χ0v) is 17.6. The molecule has 3 rings (SSSR count). The van der Waals surface area contributed by atoms with Crippen LogP contribution in [0.4, 0.5) is 4.79 Å². The average Bonchev–Trinajstić information content (AvgIpc) is 3.01. The molecule has 6 heteroatoms. The molecule has 0 aromatic heterocycles. The van der Waals surface area contributed by atoms with Gasteiger partial charge in [-0.05, 0) is 24.5 Å². The number of unbranched alkanes of at least 4 members (excludes halogenated alkanes) is 2. The number of benzene rings is 2. The highest BCUT2D eigenvalue weighted by Crippen LogP contribution is 2.35. The fourth-order valence-electron chi connectivity index (χ4n) is 3.89. The van der Waals surface area contributed by atoms with E-state index in [2.05, 4.69) is 17.6 Å². The highest BCUT2D eigenvalue weighted by molar-refractivity contribution is 6.11. The summed E-state index contributed by atoms with van der Waals surface area (Å²) in [6, 6.07) is 17.7. The minimum Gasteiger partial charge on any atom is -0.352 e. The lowest BCUT2D eigenvalue weighted by Gasteiger charge is -2.28. The van der Waals surface area contributed by atoms with Crippen LogP contribution < -0.4 is 10.6 Å². The standard InChI is InChI=1S/C24H29N3O3/c1-3-4-7-12-18(2)25-21(28)17-27-22(29)24(26-23(27)30,19-13-8-5-9-14-19)20-15-10-6-11-16-20/h5-6,8-11,13-16,18H,3-4,7,12,17H2,1-2H3,(H,25,28)(H,26,30)/t18-/m0/s1. The lowest BCUT2D eigenvalue weighted by atomic mass is 9.82. The first-order valence-electron chi connectivity index (χ1n) is 10.5. The lowest BCUT2D eigenvalue weighted by Crippen LogP contribution is -2.46. The molecule has 1 atom stereocenters. The molecule has 0 unspecified atom stereocenters. The second-order valence-corrected chi connectivity index (χ2v) is 7.77. The Labute approximate surface area is 177 Å². The molecule has 158 valence electrons. The molecule has 4 amide bonds. The van der Waals surface area contributed by atoms with Crippen molar-refractivity contribution in [3.63, 3.8) is 0 Å². The van der Waals surface area contributed by atoms with E-state index in [1.54, 1.807) is 0 Å². The molecule has 0 spiro atoms. The Morgan fingerprint density at radius 3 is 2.10 bits per heavy atom. The van der Waals surface area contributed by atoms with Crippen LogP contribution in [-0.2, 0) is 15.1 Å². The van der Waals surface area contributed by atoms with Gasteiger partial charge in [0.15, 0.2) is 5.54 Å². The van der Waals surface area contributed by atoms with Crippen molar-refractivity contribution in [2.24, 2.45) is 0 Å². The van der Waals surface area contributed by atoms with Crippen LogP contribution in [0, 0.1) is 0 Å². The van der Waals surface area contributed by atoms with E-state index >= 15 is 0 Å². The predicted octanol–water partition coefficient (Wildman–Crippen LogP) is 3.57. The van der Waals surface area contributed by atoms with Crippen LogP contribution in [0.15, 0.2) is 60.7 Å². The molecule has 0 aliphatic carbocycles. The van der Waals surface area contributed by atoms with Gasteiger partial charge in [-0.15, -0.1) is 0 Å². The summed E-state index contributed by atoms with van der Waals surface area (Å²) in [6.45, 7) is 3.77. The van der Waals surface area contributed by atoms with Gasteiger partial charge in [0.1, 0.15) is 6.54 Å².